The van der Waals surface area contributed by atoms with E-state index in [1.54, 1.807) is 17.8 Å². The van der Waals surface area contributed by atoms with Crippen molar-refractivity contribution in [1.29, 1.82) is 0 Å². The zero-order valence-electron chi connectivity index (χ0n) is 13.0. The largest absolute Gasteiger partial charge is 0.486 e. The standard InChI is InChI=1S/C18H19NO3S/c1-13-4-2-3-5-14(13)11-23-12-18(20)19-15-6-7-16-17(10-15)22-9-8-21-16/h2-7,10H,8-9,11-12H2,1H3,(H,19,20). The predicted octanol–water partition coefficient (Wildman–Crippen LogP) is 3.64. The van der Waals surface area contributed by atoms with Gasteiger partial charge in [0.25, 0.3) is 0 Å². The number of carbonyl (C=O) groups excluding carboxylic acids is 1. The molecular formula is C18H19NO3S. The molecule has 0 aliphatic carbocycles. The van der Waals surface area contributed by atoms with Crippen molar-refractivity contribution < 1.29 is 14.3 Å². The van der Waals surface area contributed by atoms with E-state index in [0.29, 0.717) is 24.7 Å². The minimum absolute atomic E-state index is 0.0136. The number of nitrogens with one attached hydrogen (secondary N) is 1. The highest BCUT2D eigenvalue weighted by Crippen LogP contribution is 2.32. The number of thioether (sulfide) groups is 1. The number of rotatable bonds is 5. The van der Waals surface area contributed by atoms with Gasteiger partial charge in [-0.2, -0.15) is 0 Å². The molecule has 0 aromatic heterocycles. The summed E-state index contributed by atoms with van der Waals surface area (Å²) in [7, 11) is 0. The topological polar surface area (TPSA) is 47.6 Å². The van der Waals surface area contributed by atoms with Crippen LogP contribution in [-0.4, -0.2) is 24.9 Å². The van der Waals surface area contributed by atoms with Crippen LogP contribution in [0, 0.1) is 6.92 Å². The molecule has 0 bridgehead atoms. The molecule has 0 fully saturated rings. The molecule has 3 rings (SSSR count). The average molecular weight is 329 g/mol. The third kappa shape index (κ3) is 4.20. The Morgan fingerprint density at radius 1 is 1.13 bits per heavy atom. The Bertz CT molecular complexity index is 702. The summed E-state index contributed by atoms with van der Waals surface area (Å²) in [5.41, 5.74) is 3.26. The van der Waals surface area contributed by atoms with Crippen molar-refractivity contribution >= 4 is 23.4 Å². The van der Waals surface area contributed by atoms with Gasteiger partial charge in [0.1, 0.15) is 13.2 Å². The van der Waals surface area contributed by atoms with Gasteiger partial charge in [-0.25, -0.2) is 0 Å². The van der Waals surface area contributed by atoms with Crippen LogP contribution < -0.4 is 14.8 Å². The summed E-state index contributed by atoms with van der Waals surface area (Å²) in [6, 6.07) is 13.7. The highest BCUT2D eigenvalue weighted by molar-refractivity contribution is 7.99. The summed E-state index contributed by atoms with van der Waals surface area (Å²) in [4.78, 5) is 12.1. The SMILES string of the molecule is Cc1ccccc1CSCC(=O)Nc1ccc2c(c1)OCCO2. The first-order chi connectivity index (χ1) is 11.2. The van der Waals surface area contributed by atoms with Gasteiger partial charge in [0.2, 0.25) is 5.91 Å². The van der Waals surface area contributed by atoms with Crippen LogP contribution in [0.1, 0.15) is 11.1 Å². The van der Waals surface area contributed by atoms with Gasteiger partial charge in [-0.1, -0.05) is 24.3 Å². The third-order valence-electron chi connectivity index (χ3n) is 3.58. The van der Waals surface area contributed by atoms with Gasteiger partial charge in [-0.3, -0.25) is 4.79 Å². The van der Waals surface area contributed by atoms with E-state index in [1.807, 2.05) is 24.3 Å². The van der Waals surface area contributed by atoms with E-state index in [4.69, 9.17) is 9.47 Å². The van der Waals surface area contributed by atoms with E-state index < -0.39 is 0 Å². The van der Waals surface area contributed by atoms with Gasteiger partial charge in [0, 0.05) is 17.5 Å². The van der Waals surface area contributed by atoms with Crippen molar-refractivity contribution in [2.75, 3.05) is 24.3 Å². The Hall–Kier alpha value is -2.14. The van der Waals surface area contributed by atoms with Gasteiger partial charge in [-0.05, 0) is 30.2 Å². The second-order valence-corrected chi connectivity index (χ2v) is 6.31. The molecule has 1 aliphatic heterocycles. The van der Waals surface area contributed by atoms with Crippen molar-refractivity contribution in [2.45, 2.75) is 12.7 Å². The second kappa shape index (κ2) is 7.42. The van der Waals surface area contributed by atoms with Crippen molar-refractivity contribution in [2.24, 2.45) is 0 Å². The summed E-state index contributed by atoms with van der Waals surface area (Å²) < 4.78 is 11.0. The summed E-state index contributed by atoms with van der Waals surface area (Å²) in [5.74, 6) is 2.65. The Morgan fingerprint density at radius 3 is 2.74 bits per heavy atom. The number of carbonyl (C=O) groups is 1. The fourth-order valence-electron chi connectivity index (χ4n) is 2.34. The van der Waals surface area contributed by atoms with Crippen molar-refractivity contribution in [3.8, 4) is 11.5 Å². The number of hydrogen-bond donors (Lipinski definition) is 1. The van der Waals surface area contributed by atoms with E-state index in [2.05, 4.69) is 24.4 Å². The van der Waals surface area contributed by atoms with Gasteiger partial charge in [0.05, 0.1) is 5.75 Å². The molecule has 0 radical (unpaired) electrons. The fourth-order valence-corrected chi connectivity index (χ4v) is 3.25. The van der Waals surface area contributed by atoms with Crippen LogP contribution >= 0.6 is 11.8 Å². The molecule has 2 aromatic carbocycles. The van der Waals surface area contributed by atoms with E-state index in [9.17, 15) is 4.79 Å². The van der Waals surface area contributed by atoms with Crippen LogP contribution in [0.4, 0.5) is 5.69 Å². The average Bonchev–Trinajstić information content (AvgIpc) is 2.56. The Kier molecular flexibility index (Phi) is 5.08. The van der Waals surface area contributed by atoms with Crippen LogP contribution in [0.15, 0.2) is 42.5 Å². The van der Waals surface area contributed by atoms with Crippen LogP contribution in [0.5, 0.6) is 11.5 Å². The maximum atomic E-state index is 12.1. The maximum absolute atomic E-state index is 12.1. The monoisotopic (exact) mass is 329 g/mol. The minimum Gasteiger partial charge on any atom is -0.486 e. The molecule has 0 unspecified atom stereocenters. The molecule has 0 saturated carbocycles. The summed E-state index contributed by atoms with van der Waals surface area (Å²) in [6.07, 6.45) is 0. The number of hydrogen-bond acceptors (Lipinski definition) is 4. The molecule has 0 atom stereocenters. The smallest absolute Gasteiger partial charge is 0.234 e. The number of ether oxygens (including phenoxy) is 2. The first-order valence-electron chi connectivity index (χ1n) is 7.54. The van der Waals surface area contributed by atoms with Gasteiger partial charge in [0.15, 0.2) is 11.5 Å². The molecule has 1 heterocycles. The number of amides is 1. The molecule has 0 saturated heterocycles. The molecule has 2 aromatic rings. The molecule has 0 spiro atoms. The molecule has 1 aliphatic rings. The zero-order chi connectivity index (χ0) is 16.1. The number of aryl methyl sites for hydroxylation is 1. The summed E-state index contributed by atoms with van der Waals surface area (Å²) in [6.45, 7) is 3.19. The quantitative estimate of drug-likeness (QED) is 0.910. The van der Waals surface area contributed by atoms with E-state index in [-0.39, 0.29) is 5.91 Å². The zero-order valence-corrected chi connectivity index (χ0v) is 13.8. The van der Waals surface area contributed by atoms with Crippen LogP contribution in [0.25, 0.3) is 0 Å². The number of fused-ring (bicyclic) bond motifs is 1. The summed E-state index contributed by atoms with van der Waals surface area (Å²) >= 11 is 1.61. The van der Waals surface area contributed by atoms with Crippen LogP contribution in [0.2, 0.25) is 0 Å². The fraction of sp³-hybridized carbons (Fsp3) is 0.278. The number of benzene rings is 2. The molecule has 4 nitrogen and oxygen atoms in total. The third-order valence-corrected chi connectivity index (χ3v) is 4.56. The molecule has 1 amide bonds. The minimum atomic E-state index is -0.0136. The van der Waals surface area contributed by atoms with Gasteiger partial charge >= 0.3 is 0 Å². The van der Waals surface area contributed by atoms with Gasteiger partial charge < -0.3 is 14.8 Å². The van der Waals surface area contributed by atoms with Crippen LogP contribution in [0.3, 0.4) is 0 Å². The lowest BCUT2D eigenvalue weighted by molar-refractivity contribution is -0.113. The normalized spacial score (nSPS) is 12.7. The lowest BCUT2D eigenvalue weighted by Crippen LogP contribution is -2.17. The number of anilines is 1. The first kappa shape index (κ1) is 15.7. The highest BCUT2D eigenvalue weighted by Gasteiger charge is 2.12. The second-order valence-electron chi connectivity index (χ2n) is 5.33. The lowest BCUT2D eigenvalue weighted by atomic mass is 10.1. The van der Waals surface area contributed by atoms with Crippen LogP contribution in [-0.2, 0) is 10.5 Å². The maximum Gasteiger partial charge on any atom is 0.234 e. The van der Waals surface area contributed by atoms with Gasteiger partial charge in [-0.15, -0.1) is 11.8 Å². The molecule has 5 heteroatoms. The Morgan fingerprint density at radius 2 is 1.91 bits per heavy atom. The Balaban J connectivity index is 1.50. The molecular weight excluding hydrogens is 310 g/mol. The first-order valence-corrected chi connectivity index (χ1v) is 8.69. The highest BCUT2D eigenvalue weighted by atomic mass is 32.2. The Labute approximate surface area is 140 Å². The van der Waals surface area contributed by atoms with Crippen molar-refractivity contribution in [3.63, 3.8) is 0 Å². The lowest BCUT2D eigenvalue weighted by Gasteiger charge is -2.19. The van der Waals surface area contributed by atoms with Crippen molar-refractivity contribution in [3.05, 3.63) is 53.6 Å². The predicted molar refractivity (Wildman–Crippen MR) is 93.4 cm³/mol. The summed E-state index contributed by atoms with van der Waals surface area (Å²) in [5, 5.41) is 2.90. The van der Waals surface area contributed by atoms with Crippen molar-refractivity contribution in [1.82, 2.24) is 0 Å². The molecule has 23 heavy (non-hydrogen) atoms. The molecule has 120 valence electrons. The molecule has 1 N–H and O–H groups in total. The van der Waals surface area contributed by atoms with E-state index in [0.717, 1.165) is 17.2 Å². The van der Waals surface area contributed by atoms with E-state index >= 15 is 0 Å². The van der Waals surface area contributed by atoms with E-state index in [1.165, 1.54) is 11.1 Å².